The Kier molecular flexibility index (Phi) is 4.45. The van der Waals surface area contributed by atoms with Crippen LogP contribution in [0.3, 0.4) is 0 Å². The fourth-order valence-corrected chi connectivity index (χ4v) is 4.58. The molecule has 1 N–H and O–H groups in total. The molecule has 2 aromatic heterocycles. The Balaban J connectivity index is 1.74. The minimum absolute atomic E-state index is 0.0353. The molecule has 3 heterocycles. The summed E-state index contributed by atoms with van der Waals surface area (Å²) in [6.07, 6.45) is 1.48. The van der Waals surface area contributed by atoms with Gasteiger partial charge in [0, 0.05) is 26.2 Å². The van der Waals surface area contributed by atoms with E-state index < -0.39 is 0 Å². The minimum Gasteiger partial charge on any atom is -0.492 e. The number of piperazine rings is 1. The highest BCUT2D eigenvalue weighted by Crippen LogP contribution is 2.39. The Morgan fingerprint density at radius 2 is 1.88 bits per heavy atom. The molecule has 1 unspecified atom stereocenters. The van der Waals surface area contributed by atoms with Gasteiger partial charge in [-0.3, -0.25) is 4.90 Å². The van der Waals surface area contributed by atoms with Gasteiger partial charge in [0.25, 0.3) is 0 Å². The predicted octanol–water partition coefficient (Wildman–Crippen LogP) is 2.53. The largest absolute Gasteiger partial charge is 0.492 e. The van der Waals surface area contributed by atoms with E-state index in [1.54, 1.807) is 0 Å². The van der Waals surface area contributed by atoms with Crippen molar-refractivity contribution in [3.05, 3.63) is 46.6 Å². The molecule has 4 rings (SSSR count). The number of benzene rings is 1. The van der Waals surface area contributed by atoms with Gasteiger partial charge in [-0.25, -0.2) is 4.98 Å². The van der Waals surface area contributed by atoms with Crippen LogP contribution in [0.5, 0.6) is 5.88 Å². The van der Waals surface area contributed by atoms with Gasteiger partial charge in [0.2, 0.25) is 10.8 Å². The molecule has 1 aromatic carbocycles. The second kappa shape index (κ2) is 6.74. The molecule has 1 saturated heterocycles. The summed E-state index contributed by atoms with van der Waals surface area (Å²) in [5, 5.41) is 14.9. The van der Waals surface area contributed by atoms with Crippen molar-refractivity contribution >= 4 is 16.3 Å². The molecule has 3 aromatic rings. The van der Waals surface area contributed by atoms with Gasteiger partial charge in [-0.2, -0.15) is 9.61 Å². The number of nitrogens with zero attached hydrogens (tertiary/aromatic N) is 5. The fraction of sp³-hybridized carbons (Fsp3) is 0.444. The molecule has 0 radical (unpaired) electrons. The van der Waals surface area contributed by atoms with E-state index in [4.69, 9.17) is 0 Å². The standard InChI is InChI=1S/C18H23N5OS/c1-3-21-8-10-22(11-9-21)15(14-6-4-13(2)5-7-14)16-17(24)23-18(25-16)19-12-20-23/h4-7,12,15,24H,3,8-11H2,1-2H3. The molecule has 132 valence electrons. The van der Waals surface area contributed by atoms with Gasteiger partial charge in [0.1, 0.15) is 6.33 Å². The number of aromatic nitrogens is 3. The van der Waals surface area contributed by atoms with Gasteiger partial charge >= 0.3 is 0 Å². The summed E-state index contributed by atoms with van der Waals surface area (Å²) in [6, 6.07) is 8.65. The maximum absolute atomic E-state index is 10.7. The summed E-state index contributed by atoms with van der Waals surface area (Å²) in [4.78, 5) is 10.8. The first-order valence-corrected chi connectivity index (χ1v) is 9.53. The van der Waals surface area contributed by atoms with Gasteiger partial charge in [0.15, 0.2) is 0 Å². The quantitative estimate of drug-likeness (QED) is 0.778. The first-order chi connectivity index (χ1) is 12.2. The molecule has 0 spiro atoms. The van der Waals surface area contributed by atoms with E-state index in [2.05, 4.69) is 58.0 Å². The lowest BCUT2D eigenvalue weighted by atomic mass is 10.0. The highest BCUT2D eigenvalue weighted by molar-refractivity contribution is 7.17. The number of thiazole rings is 1. The summed E-state index contributed by atoms with van der Waals surface area (Å²) >= 11 is 1.52. The van der Waals surface area contributed by atoms with Crippen LogP contribution in [0.15, 0.2) is 30.6 Å². The van der Waals surface area contributed by atoms with Crippen LogP contribution >= 0.6 is 11.3 Å². The molecule has 0 bridgehead atoms. The zero-order valence-corrected chi connectivity index (χ0v) is 15.4. The Morgan fingerprint density at radius 1 is 1.16 bits per heavy atom. The molecule has 0 saturated carbocycles. The van der Waals surface area contributed by atoms with Crippen LogP contribution in [-0.4, -0.2) is 62.2 Å². The predicted molar refractivity (Wildman–Crippen MR) is 99.2 cm³/mol. The maximum atomic E-state index is 10.7. The number of rotatable bonds is 4. The molecule has 6 nitrogen and oxygen atoms in total. The topological polar surface area (TPSA) is 56.9 Å². The number of likely N-dealkylation sites (N-methyl/N-ethyl adjacent to an activating group) is 1. The molecule has 0 amide bonds. The number of hydrogen-bond acceptors (Lipinski definition) is 6. The van der Waals surface area contributed by atoms with E-state index >= 15 is 0 Å². The highest BCUT2D eigenvalue weighted by Gasteiger charge is 2.31. The molecule has 25 heavy (non-hydrogen) atoms. The molecule has 7 heteroatoms. The number of aryl methyl sites for hydroxylation is 1. The lowest BCUT2D eigenvalue weighted by Crippen LogP contribution is -2.47. The van der Waals surface area contributed by atoms with Crippen LogP contribution in [0.25, 0.3) is 4.96 Å². The van der Waals surface area contributed by atoms with Gasteiger partial charge in [-0.15, -0.1) is 0 Å². The number of fused-ring (bicyclic) bond motifs is 1. The fourth-order valence-electron chi connectivity index (χ4n) is 3.49. The van der Waals surface area contributed by atoms with Crippen molar-refractivity contribution < 1.29 is 5.11 Å². The lowest BCUT2D eigenvalue weighted by molar-refractivity contribution is 0.113. The Labute approximate surface area is 151 Å². The smallest absolute Gasteiger partial charge is 0.230 e. The van der Waals surface area contributed by atoms with Crippen molar-refractivity contribution in [2.75, 3.05) is 32.7 Å². The van der Waals surface area contributed by atoms with Crippen molar-refractivity contribution in [3.8, 4) is 5.88 Å². The number of hydrogen-bond donors (Lipinski definition) is 1. The molecule has 1 fully saturated rings. The summed E-state index contributed by atoms with van der Waals surface area (Å²) in [5.41, 5.74) is 2.44. The Bertz CT molecular complexity index is 848. The summed E-state index contributed by atoms with van der Waals surface area (Å²) in [5.74, 6) is 0.209. The monoisotopic (exact) mass is 357 g/mol. The van der Waals surface area contributed by atoms with Gasteiger partial charge in [-0.1, -0.05) is 48.1 Å². The third-order valence-electron chi connectivity index (χ3n) is 5.00. The average molecular weight is 357 g/mol. The average Bonchev–Trinajstić information content (AvgIpc) is 3.21. The van der Waals surface area contributed by atoms with Crippen molar-refractivity contribution in [1.29, 1.82) is 0 Å². The normalized spacial score (nSPS) is 18.0. The van der Waals surface area contributed by atoms with Gasteiger partial charge in [0.05, 0.1) is 10.9 Å². The van der Waals surface area contributed by atoms with Crippen LogP contribution < -0.4 is 0 Å². The summed E-state index contributed by atoms with van der Waals surface area (Å²) in [7, 11) is 0. The minimum atomic E-state index is 0.0353. The maximum Gasteiger partial charge on any atom is 0.230 e. The van der Waals surface area contributed by atoms with E-state index in [1.807, 2.05) is 0 Å². The van der Waals surface area contributed by atoms with Crippen molar-refractivity contribution in [1.82, 2.24) is 24.4 Å². The van der Waals surface area contributed by atoms with Crippen LogP contribution in [-0.2, 0) is 0 Å². The van der Waals surface area contributed by atoms with Gasteiger partial charge < -0.3 is 10.0 Å². The molecular formula is C18H23N5OS. The molecule has 1 aliphatic heterocycles. The second-order valence-corrected chi connectivity index (χ2v) is 7.54. The van der Waals surface area contributed by atoms with E-state index in [9.17, 15) is 5.11 Å². The van der Waals surface area contributed by atoms with Crippen LogP contribution in [0.4, 0.5) is 0 Å². The third kappa shape index (κ3) is 3.03. The first-order valence-electron chi connectivity index (χ1n) is 8.71. The molecule has 1 aliphatic rings. The molecule has 0 aliphatic carbocycles. The van der Waals surface area contributed by atoms with E-state index in [1.165, 1.54) is 33.3 Å². The second-order valence-electron chi connectivity index (χ2n) is 6.53. The third-order valence-corrected chi connectivity index (χ3v) is 6.09. The van der Waals surface area contributed by atoms with E-state index in [-0.39, 0.29) is 11.9 Å². The Hall–Kier alpha value is -1.96. The first kappa shape index (κ1) is 16.5. The summed E-state index contributed by atoms with van der Waals surface area (Å²) < 4.78 is 1.53. The zero-order chi connectivity index (χ0) is 17.4. The van der Waals surface area contributed by atoms with Crippen molar-refractivity contribution in [2.45, 2.75) is 19.9 Å². The highest BCUT2D eigenvalue weighted by atomic mass is 32.1. The zero-order valence-electron chi connectivity index (χ0n) is 14.6. The molecular weight excluding hydrogens is 334 g/mol. The molecule has 1 atom stereocenters. The van der Waals surface area contributed by atoms with Crippen molar-refractivity contribution in [2.24, 2.45) is 0 Å². The number of aromatic hydroxyl groups is 1. The van der Waals surface area contributed by atoms with Crippen LogP contribution in [0, 0.1) is 6.92 Å². The SMILES string of the molecule is CCN1CCN(C(c2ccc(C)cc2)c2sc3ncnn3c2O)CC1. The van der Waals surface area contributed by atoms with Crippen LogP contribution in [0.2, 0.25) is 0 Å². The van der Waals surface area contributed by atoms with Crippen molar-refractivity contribution in [3.63, 3.8) is 0 Å². The van der Waals surface area contributed by atoms with Crippen LogP contribution in [0.1, 0.15) is 29.0 Å². The summed E-state index contributed by atoms with van der Waals surface area (Å²) in [6.45, 7) is 9.48. The van der Waals surface area contributed by atoms with Gasteiger partial charge in [-0.05, 0) is 19.0 Å². The lowest BCUT2D eigenvalue weighted by Gasteiger charge is -2.38. The Morgan fingerprint density at radius 3 is 2.52 bits per heavy atom. The van der Waals surface area contributed by atoms with E-state index in [0.717, 1.165) is 42.6 Å². The van der Waals surface area contributed by atoms with E-state index in [0.29, 0.717) is 0 Å².